The highest BCUT2D eigenvalue weighted by Crippen LogP contribution is 2.34. The average Bonchev–Trinajstić information content (AvgIpc) is 2.67. The molecule has 0 aliphatic carbocycles. The van der Waals surface area contributed by atoms with Gasteiger partial charge >= 0.3 is 6.18 Å². The Morgan fingerprint density at radius 3 is 2.68 bits per heavy atom. The van der Waals surface area contributed by atoms with Gasteiger partial charge in [0.15, 0.2) is 5.69 Å². The molecule has 3 nitrogen and oxygen atoms in total. The Labute approximate surface area is 115 Å². The molecule has 0 amide bonds. The zero-order valence-corrected chi connectivity index (χ0v) is 11.2. The van der Waals surface area contributed by atoms with Crippen LogP contribution in [0.5, 0.6) is 0 Å². The third kappa shape index (κ3) is 2.57. The van der Waals surface area contributed by atoms with Crippen molar-refractivity contribution in [2.45, 2.75) is 18.1 Å². The van der Waals surface area contributed by atoms with Gasteiger partial charge in [0, 0.05) is 0 Å². The number of rotatable bonds is 3. The van der Waals surface area contributed by atoms with Crippen LogP contribution in [-0.2, 0) is 6.18 Å². The van der Waals surface area contributed by atoms with Crippen molar-refractivity contribution in [1.29, 1.82) is 0 Å². The molecule has 0 bridgehead atoms. The maximum Gasteiger partial charge on any atom is 0.431 e. The lowest BCUT2D eigenvalue weighted by Gasteiger charge is -2.11. The summed E-state index contributed by atoms with van der Waals surface area (Å²) in [5.41, 5.74) is -0.974. The van der Waals surface area contributed by atoms with Crippen molar-refractivity contribution in [2.75, 3.05) is 5.75 Å². The van der Waals surface area contributed by atoms with Crippen LogP contribution in [0.3, 0.4) is 0 Å². The quantitative estimate of drug-likeness (QED) is 0.638. The predicted octanol–water partition coefficient (Wildman–Crippen LogP) is 3.84. The van der Waals surface area contributed by atoms with Crippen LogP contribution < -0.4 is 0 Å². The zero-order valence-electron chi connectivity index (χ0n) is 9.66. The van der Waals surface area contributed by atoms with Crippen molar-refractivity contribution in [1.82, 2.24) is 9.38 Å². The van der Waals surface area contributed by atoms with Crippen LogP contribution in [0.4, 0.5) is 13.2 Å². The van der Waals surface area contributed by atoms with Crippen LogP contribution in [0.2, 0.25) is 0 Å². The lowest BCUT2D eigenvalue weighted by Crippen LogP contribution is -2.12. The van der Waals surface area contributed by atoms with Gasteiger partial charge in [0.1, 0.15) is 16.4 Å². The number of carbonyl (C=O) groups excluding carboxylic acids is 1. The number of aromatic nitrogens is 2. The zero-order chi connectivity index (χ0) is 14.2. The SMILES string of the molecule is CCSc1c(C(=O)Cl)nc2cccc(C(F)(F)F)n12. The number of fused-ring (bicyclic) bond motifs is 1. The first-order chi connectivity index (χ1) is 8.86. The number of hydrogen-bond donors (Lipinski definition) is 0. The summed E-state index contributed by atoms with van der Waals surface area (Å²) < 4.78 is 39.8. The van der Waals surface area contributed by atoms with Gasteiger partial charge in [0.2, 0.25) is 0 Å². The molecule has 0 saturated carbocycles. The minimum atomic E-state index is -4.53. The van der Waals surface area contributed by atoms with E-state index in [2.05, 4.69) is 4.98 Å². The van der Waals surface area contributed by atoms with Crippen molar-refractivity contribution in [3.05, 3.63) is 29.6 Å². The topological polar surface area (TPSA) is 34.4 Å². The fourth-order valence-electron chi connectivity index (χ4n) is 1.69. The largest absolute Gasteiger partial charge is 0.431 e. The Kier molecular flexibility index (Phi) is 3.78. The van der Waals surface area contributed by atoms with Crippen LogP contribution in [0.15, 0.2) is 23.2 Å². The summed E-state index contributed by atoms with van der Waals surface area (Å²) in [5.74, 6) is 0.497. The molecule has 2 aromatic rings. The molecule has 0 spiro atoms. The Hall–Kier alpha value is -1.21. The molecule has 102 valence electrons. The van der Waals surface area contributed by atoms with E-state index in [-0.39, 0.29) is 16.4 Å². The number of imidazole rings is 1. The third-order valence-corrected chi connectivity index (χ3v) is 3.48. The van der Waals surface area contributed by atoms with Gasteiger partial charge in [-0.1, -0.05) is 13.0 Å². The summed E-state index contributed by atoms with van der Waals surface area (Å²) in [6.07, 6.45) is -4.53. The fourth-order valence-corrected chi connectivity index (χ4v) is 2.74. The van der Waals surface area contributed by atoms with E-state index in [9.17, 15) is 18.0 Å². The number of thioether (sulfide) groups is 1. The molecule has 2 aromatic heterocycles. The average molecular weight is 309 g/mol. The summed E-state index contributed by atoms with van der Waals surface area (Å²) in [4.78, 5) is 15.1. The Balaban J connectivity index is 2.83. The molecular weight excluding hydrogens is 301 g/mol. The van der Waals surface area contributed by atoms with Crippen molar-refractivity contribution < 1.29 is 18.0 Å². The monoisotopic (exact) mass is 308 g/mol. The number of carbonyl (C=O) groups is 1. The first-order valence-corrected chi connectivity index (χ1v) is 6.64. The molecule has 8 heteroatoms. The molecule has 0 atom stereocenters. The van der Waals surface area contributed by atoms with Crippen molar-refractivity contribution in [3.63, 3.8) is 0 Å². The fraction of sp³-hybridized carbons (Fsp3) is 0.273. The Bertz CT molecular complexity index is 639. The minimum Gasteiger partial charge on any atom is -0.282 e. The predicted molar refractivity (Wildman–Crippen MR) is 66.8 cm³/mol. The van der Waals surface area contributed by atoms with Crippen LogP contribution in [-0.4, -0.2) is 20.4 Å². The second kappa shape index (κ2) is 5.05. The summed E-state index contributed by atoms with van der Waals surface area (Å²) in [5, 5.41) is -0.752. The van der Waals surface area contributed by atoms with E-state index < -0.39 is 17.1 Å². The van der Waals surface area contributed by atoms with Crippen LogP contribution in [0.1, 0.15) is 23.1 Å². The molecule has 0 radical (unpaired) electrons. The van der Waals surface area contributed by atoms with Crippen molar-refractivity contribution in [2.24, 2.45) is 0 Å². The Morgan fingerprint density at radius 1 is 1.47 bits per heavy atom. The van der Waals surface area contributed by atoms with E-state index in [1.165, 1.54) is 12.1 Å². The lowest BCUT2D eigenvalue weighted by molar-refractivity contribution is -0.142. The van der Waals surface area contributed by atoms with Crippen LogP contribution >= 0.6 is 23.4 Å². The summed E-state index contributed by atoms with van der Waals surface area (Å²) >= 11 is 6.46. The van der Waals surface area contributed by atoms with Gasteiger partial charge in [0.25, 0.3) is 5.24 Å². The summed E-state index contributed by atoms with van der Waals surface area (Å²) in [6.45, 7) is 1.77. The molecule has 2 heterocycles. The van der Waals surface area contributed by atoms with Gasteiger partial charge < -0.3 is 0 Å². The maximum absolute atomic E-state index is 13.0. The van der Waals surface area contributed by atoms with Crippen molar-refractivity contribution >= 4 is 34.3 Å². The molecule has 0 N–H and O–H groups in total. The molecule has 0 aliphatic rings. The molecule has 0 aromatic carbocycles. The van der Waals surface area contributed by atoms with E-state index >= 15 is 0 Å². The highest BCUT2D eigenvalue weighted by Gasteiger charge is 2.35. The van der Waals surface area contributed by atoms with Gasteiger partial charge in [-0.15, -0.1) is 11.8 Å². The highest BCUT2D eigenvalue weighted by molar-refractivity contribution is 7.99. The first-order valence-electron chi connectivity index (χ1n) is 5.27. The highest BCUT2D eigenvalue weighted by atomic mass is 35.5. The van der Waals surface area contributed by atoms with Gasteiger partial charge in [-0.3, -0.25) is 9.20 Å². The van der Waals surface area contributed by atoms with Crippen LogP contribution in [0.25, 0.3) is 5.65 Å². The maximum atomic E-state index is 13.0. The summed E-state index contributed by atoms with van der Waals surface area (Å²) in [7, 11) is 0. The van der Waals surface area contributed by atoms with E-state index in [1.807, 2.05) is 0 Å². The van der Waals surface area contributed by atoms with Gasteiger partial charge in [-0.05, 0) is 29.5 Å². The second-order valence-corrected chi connectivity index (χ2v) is 5.17. The molecular formula is C11H8ClF3N2OS. The van der Waals surface area contributed by atoms with E-state index in [0.717, 1.165) is 22.2 Å². The molecule has 0 aliphatic heterocycles. The van der Waals surface area contributed by atoms with Gasteiger partial charge in [-0.2, -0.15) is 13.2 Å². The standard InChI is InChI=1S/C11H8ClF3N2OS/c1-2-19-10-8(9(12)18)16-7-5-3-4-6(17(7)10)11(13,14)15/h3-5H,2H2,1H3. The normalized spacial score (nSPS) is 12.1. The lowest BCUT2D eigenvalue weighted by atomic mass is 10.3. The van der Waals surface area contributed by atoms with Gasteiger partial charge in [0.05, 0.1) is 0 Å². The van der Waals surface area contributed by atoms with Crippen molar-refractivity contribution in [3.8, 4) is 0 Å². The molecule has 19 heavy (non-hydrogen) atoms. The number of hydrogen-bond acceptors (Lipinski definition) is 3. The summed E-state index contributed by atoms with van der Waals surface area (Å²) in [6, 6.07) is 3.59. The van der Waals surface area contributed by atoms with Crippen LogP contribution in [0, 0.1) is 0 Å². The van der Waals surface area contributed by atoms with E-state index in [0.29, 0.717) is 5.75 Å². The third-order valence-electron chi connectivity index (χ3n) is 2.36. The Morgan fingerprint density at radius 2 is 2.16 bits per heavy atom. The molecule has 0 fully saturated rings. The number of nitrogens with zero attached hydrogens (tertiary/aromatic N) is 2. The first kappa shape index (κ1) is 14.2. The number of alkyl halides is 3. The van der Waals surface area contributed by atoms with E-state index in [1.54, 1.807) is 6.92 Å². The number of pyridine rings is 1. The van der Waals surface area contributed by atoms with Gasteiger partial charge in [-0.25, -0.2) is 4.98 Å². The van der Waals surface area contributed by atoms with E-state index in [4.69, 9.17) is 11.6 Å². The second-order valence-electron chi connectivity index (χ2n) is 3.57. The number of halogens is 4. The molecule has 0 saturated heterocycles. The molecule has 0 unspecified atom stereocenters. The smallest absolute Gasteiger partial charge is 0.282 e. The molecule has 2 rings (SSSR count). The minimum absolute atomic E-state index is 0.0507.